The van der Waals surface area contributed by atoms with Crippen LogP contribution in [0.25, 0.3) is 10.9 Å². The SMILES string of the molecule is CN(C(=O)OC(C)(C)C)C1CCN(c2ccc(C(N)=O)c3nn(C)cc23)C1. The van der Waals surface area contributed by atoms with Gasteiger partial charge in [-0.25, -0.2) is 4.79 Å². The minimum atomic E-state index is -0.518. The van der Waals surface area contributed by atoms with Crippen LogP contribution in [0.2, 0.25) is 0 Å². The van der Waals surface area contributed by atoms with Crippen molar-refractivity contribution in [3.8, 4) is 0 Å². The predicted octanol–water partition coefficient (Wildman–Crippen LogP) is 2.12. The number of nitrogens with zero attached hydrogens (tertiary/aromatic N) is 4. The summed E-state index contributed by atoms with van der Waals surface area (Å²) in [7, 11) is 3.59. The maximum Gasteiger partial charge on any atom is 0.410 e. The molecule has 1 saturated heterocycles. The molecule has 1 aromatic heterocycles. The summed E-state index contributed by atoms with van der Waals surface area (Å²) >= 11 is 0. The van der Waals surface area contributed by atoms with E-state index < -0.39 is 11.5 Å². The van der Waals surface area contributed by atoms with E-state index in [1.165, 1.54) is 0 Å². The molecule has 2 amide bonds. The van der Waals surface area contributed by atoms with Crippen LogP contribution in [0.3, 0.4) is 0 Å². The Kier molecular flexibility index (Phi) is 4.75. The van der Waals surface area contributed by atoms with E-state index in [2.05, 4.69) is 10.00 Å². The molecule has 2 N–H and O–H groups in total. The van der Waals surface area contributed by atoms with E-state index in [1.54, 1.807) is 22.7 Å². The van der Waals surface area contributed by atoms with Crippen molar-refractivity contribution in [3.63, 3.8) is 0 Å². The molecule has 0 aliphatic carbocycles. The van der Waals surface area contributed by atoms with Crippen LogP contribution in [-0.4, -0.2) is 58.5 Å². The van der Waals surface area contributed by atoms with Crippen LogP contribution in [0, 0.1) is 0 Å². The molecule has 0 radical (unpaired) electrons. The lowest BCUT2D eigenvalue weighted by atomic mass is 10.1. The summed E-state index contributed by atoms with van der Waals surface area (Å²) in [5.41, 5.74) is 6.97. The van der Waals surface area contributed by atoms with Crippen LogP contribution in [0.15, 0.2) is 18.3 Å². The Labute approximate surface area is 158 Å². The summed E-state index contributed by atoms with van der Waals surface area (Å²) in [6.07, 6.45) is 2.42. The van der Waals surface area contributed by atoms with Crippen LogP contribution in [-0.2, 0) is 11.8 Å². The molecule has 1 atom stereocenters. The molecule has 27 heavy (non-hydrogen) atoms. The van der Waals surface area contributed by atoms with Crippen LogP contribution in [0.5, 0.6) is 0 Å². The minimum absolute atomic E-state index is 0.0578. The van der Waals surface area contributed by atoms with Crippen molar-refractivity contribution >= 4 is 28.6 Å². The summed E-state index contributed by atoms with van der Waals surface area (Å²) in [6, 6.07) is 3.68. The second-order valence-corrected chi connectivity index (χ2v) is 8.04. The quantitative estimate of drug-likeness (QED) is 0.889. The van der Waals surface area contributed by atoms with Crippen molar-refractivity contribution in [3.05, 3.63) is 23.9 Å². The van der Waals surface area contributed by atoms with Crippen LogP contribution < -0.4 is 10.6 Å². The van der Waals surface area contributed by atoms with Crippen molar-refractivity contribution < 1.29 is 14.3 Å². The van der Waals surface area contributed by atoms with Crippen molar-refractivity contribution in [2.75, 3.05) is 25.0 Å². The second kappa shape index (κ2) is 6.75. The monoisotopic (exact) mass is 373 g/mol. The number of carbonyl (C=O) groups is 2. The van der Waals surface area contributed by atoms with Gasteiger partial charge in [0.2, 0.25) is 0 Å². The molecule has 1 aromatic carbocycles. The first-order chi connectivity index (χ1) is 12.6. The number of carbonyl (C=O) groups excluding carboxylic acids is 2. The summed E-state index contributed by atoms with van der Waals surface area (Å²) < 4.78 is 7.15. The largest absolute Gasteiger partial charge is 0.444 e. The lowest BCUT2D eigenvalue weighted by Gasteiger charge is -2.29. The van der Waals surface area contributed by atoms with Gasteiger partial charge in [-0.05, 0) is 39.3 Å². The van der Waals surface area contributed by atoms with Crippen LogP contribution in [0.4, 0.5) is 10.5 Å². The fraction of sp³-hybridized carbons (Fsp3) is 0.526. The molecule has 2 heterocycles. The summed E-state index contributed by atoms with van der Waals surface area (Å²) in [5, 5.41) is 5.28. The van der Waals surface area contributed by atoms with E-state index in [4.69, 9.17) is 10.5 Å². The number of anilines is 1. The molecule has 8 heteroatoms. The number of aromatic nitrogens is 2. The van der Waals surface area contributed by atoms with Gasteiger partial charge >= 0.3 is 6.09 Å². The third-order valence-electron chi connectivity index (χ3n) is 4.77. The Balaban J connectivity index is 1.82. The molecule has 1 aliphatic rings. The highest BCUT2D eigenvalue weighted by Gasteiger charge is 2.32. The zero-order valence-electron chi connectivity index (χ0n) is 16.5. The number of primary amides is 1. The average molecular weight is 373 g/mol. The number of benzene rings is 1. The second-order valence-electron chi connectivity index (χ2n) is 8.04. The highest BCUT2D eigenvalue weighted by atomic mass is 16.6. The van der Waals surface area contributed by atoms with E-state index in [1.807, 2.05) is 40.1 Å². The number of rotatable bonds is 3. The van der Waals surface area contributed by atoms with Gasteiger partial charge in [0.15, 0.2) is 0 Å². The smallest absolute Gasteiger partial charge is 0.410 e. The first kappa shape index (κ1) is 19.0. The first-order valence-corrected chi connectivity index (χ1v) is 9.04. The predicted molar refractivity (Wildman–Crippen MR) is 104 cm³/mol. The van der Waals surface area contributed by atoms with Gasteiger partial charge in [0, 0.05) is 44.5 Å². The number of likely N-dealkylation sites (N-methyl/N-ethyl adjacent to an activating group) is 1. The summed E-state index contributed by atoms with van der Waals surface area (Å²) in [5.74, 6) is -0.491. The molecule has 0 spiro atoms. The number of fused-ring (bicyclic) bond motifs is 1. The molecule has 3 rings (SSSR count). The first-order valence-electron chi connectivity index (χ1n) is 9.04. The molecule has 0 bridgehead atoms. The third kappa shape index (κ3) is 3.84. The minimum Gasteiger partial charge on any atom is -0.444 e. The van der Waals surface area contributed by atoms with Gasteiger partial charge in [0.25, 0.3) is 5.91 Å². The Morgan fingerprint density at radius 1 is 1.33 bits per heavy atom. The van der Waals surface area contributed by atoms with Crippen LogP contribution >= 0.6 is 0 Å². The maximum atomic E-state index is 12.3. The Morgan fingerprint density at radius 2 is 2.04 bits per heavy atom. The number of amides is 2. The number of hydrogen-bond donors (Lipinski definition) is 1. The third-order valence-corrected chi connectivity index (χ3v) is 4.77. The normalized spacial score (nSPS) is 17.4. The van der Waals surface area contributed by atoms with Crippen molar-refractivity contribution in [2.24, 2.45) is 12.8 Å². The molecule has 8 nitrogen and oxygen atoms in total. The highest BCUT2D eigenvalue weighted by Crippen LogP contribution is 2.32. The topological polar surface area (TPSA) is 93.7 Å². The van der Waals surface area contributed by atoms with E-state index in [-0.39, 0.29) is 12.1 Å². The van der Waals surface area contributed by atoms with Gasteiger partial charge in [-0.15, -0.1) is 0 Å². The molecule has 1 fully saturated rings. The fourth-order valence-electron chi connectivity index (χ4n) is 3.44. The highest BCUT2D eigenvalue weighted by molar-refractivity contribution is 6.08. The Morgan fingerprint density at radius 3 is 2.67 bits per heavy atom. The molecule has 1 unspecified atom stereocenters. The lowest BCUT2D eigenvalue weighted by Crippen LogP contribution is -2.42. The molecular weight excluding hydrogens is 346 g/mol. The number of ether oxygens (including phenoxy) is 1. The molecule has 1 aliphatic heterocycles. The molecular formula is C19H27N5O3. The van der Waals surface area contributed by atoms with E-state index in [0.29, 0.717) is 17.6 Å². The van der Waals surface area contributed by atoms with Gasteiger partial charge in [0.05, 0.1) is 11.6 Å². The van der Waals surface area contributed by atoms with Crippen molar-refractivity contribution in [1.29, 1.82) is 0 Å². The zero-order valence-corrected chi connectivity index (χ0v) is 16.5. The van der Waals surface area contributed by atoms with Gasteiger partial charge in [-0.3, -0.25) is 9.48 Å². The number of nitrogens with two attached hydrogens (primary N) is 1. The van der Waals surface area contributed by atoms with Crippen molar-refractivity contribution in [2.45, 2.75) is 38.8 Å². The van der Waals surface area contributed by atoms with E-state index in [9.17, 15) is 9.59 Å². The van der Waals surface area contributed by atoms with Gasteiger partial charge in [0.1, 0.15) is 11.1 Å². The maximum absolute atomic E-state index is 12.3. The van der Waals surface area contributed by atoms with Gasteiger partial charge < -0.3 is 20.3 Å². The summed E-state index contributed by atoms with van der Waals surface area (Å²) in [6.45, 7) is 7.07. The standard InChI is InChI=1S/C19H27N5O3/c1-19(2,3)27-18(26)23(5)12-8-9-24(10-12)15-7-6-13(17(20)25)16-14(15)11-22(4)21-16/h6-7,11-12H,8-10H2,1-5H3,(H2,20,25). The Bertz CT molecular complexity index is 883. The number of hydrogen-bond acceptors (Lipinski definition) is 5. The Hall–Kier alpha value is -2.77. The molecule has 2 aromatic rings. The molecule has 146 valence electrons. The number of aryl methyl sites for hydroxylation is 1. The fourth-order valence-corrected chi connectivity index (χ4v) is 3.44. The van der Waals surface area contributed by atoms with E-state index in [0.717, 1.165) is 24.0 Å². The van der Waals surface area contributed by atoms with Crippen LogP contribution in [0.1, 0.15) is 37.6 Å². The van der Waals surface area contributed by atoms with Gasteiger partial charge in [-0.1, -0.05) is 0 Å². The summed E-state index contributed by atoms with van der Waals surface area (Å²) in [4.78, 5) is 27.9. The van der Waals surface area contributed by atoms with Gasteiger partial charge in [-0.2, -0.15) is 5.10 Å². The lowest BCUT2D eigenvalue weighted by molar-refractivity contribution is 0.0238. The van der Waals surface area contributed by atoms with E-state index >= 15 is 0 Å². The van der Waals surface area contributed by atoms with Crippen molar-refractivity contribution in [1.82, 2.24) is 14.7 Å². The molecule has 0 saturated carbocycles. The average Bonchev–Trinajstić information content (AvgIpc) is 3.17. The zero-order chi connectivity index (χ0) is 19.9.